The van der Waals surface area contributed by atoms with Crippen molar-refractivity contribution in [2.45, 2.75) is 33.8 Å². The second-order valence-corrected chi connectivity index (χ2v) is 4.35. The number of carbonyl (C=O) groups excluding carboxylic acids is 1. The second-order valence-electron chi connectivity index (χ2n) is 3.97. The number of aryl methyl sites for hydroxylation is 1. The van der Waals surface area contributed by atoms with Crippen molar-refractivity contribution in [3.8, 4) is 5.88 Å². The molecule has 94 valence electrons. The van der Waals surface area contributed by atoms with E-state index in [1.165, 1.54) is 7.11 Å². The average Bonchev–Trinajstić information content (AvgIpc) is 2.23. The minimum atomic E-state index is -0.469. The SMILES string of the molecule is COc1nc(C)c(Cl)c(C)c1C(=O)OC(C)C. The van der Waals surface area contributed by atoms with Crippen LogP contribution < -0.4 is 4.74 Å². The van der Waals surface area contributed by atoms with E-state index in [4.69, 9.17) is 21.1 Å². The van der Waals surface area contributed by atoms with Crippen molar-refractivity contribution in [2.24, 2.45) is 0 Å². The van der Waals surface area contributed by atoms with Crippen molar-refractivity contribution in [1.82, 2.24) is 4.98 Å². The van der Waals surface area contributed by atoms with Crippen LogP contribution in [0.2, 0.25) is 5.02 Å². The van der Waals surface area contributed by atoms with Gasteiger partial charge in [-0.15, -0.1) is 0 Å². The molecule has 0 aliphatic rings. The van der Waals surface area contributed by atoms with Crippen LogP contribution in [0.15, 0.2) is 0 Å². The third kappa shape index (κ3) is 2.88. The predicted octanol–water partition coefficient (Wildman–Crippen LogP) is 2.93. The fraction of sp³-hybridized carbons (Fsp3) is 0.500. The third-order valence-corrected chi connectivity index (χ3v) is 2.80. The van der Waals surface area contributed by atoms with Gasteiger partial charge < -0.3 is 9.47 Å². The van der Waals surface area contributed by atoms with Crippen LogP contribution in [0.5, 0.6) is 5.88 Å². The van der Waals surface area contributed by atoms with Gasteiger partial charge in [-0.05, 0) is 33.3 Å². The second kappa shape index (κ2) is 5.36. The van der Waals surface area contributed by atoms with Crippen LogP contribution in [-0.4, -0.2) is 24.2 Å². The Labute approximate surface area is 106 Å². The molecule has 0 saturated carbocycles. The Balaban J connectivity index is 3.30. The van der Waals surface area contributed by atoms with Gasteiger partial charge in [-0.25, -0.2) is 9.78 Å². The highest BCUT2D eigenvalue weighted by Crippen LogP contribution is 2.29. The Morgan fingerprint density at radius 2 is 1.94 bits per heavy atom. The lowest BCUT2D eigenvalue weighted by Crippen LogP contribution is -2.15. The number of aromatic nitrogens is 1. The summed E-state index contributed by atoms with van der Waals surface area (Å²) in [6.07, 6.45) is -0.202. The molecule has 0 spiro atoms. The average molecular weight is 258 g/mol. The van der Waals surface area contributed by atoms with Crippen LogP contribution in [-0.2, 0) is 4.74 Å². The number of nitrogens with zero attached hydrogens (tertiary/aromatic N) is 1. The summed E-state index contributed by atoms with van der Waals surface area (Å²) in [7, 11) is 1.46. The maximum Gasteiger partial charge on any atom is 0.344 e. The fourth-order valence-corrected chi connectivity index (χ4v) is 1.60. The quantitative estimate of drug-likeness (QED) is 0.781. The van der Waals surface area contributed by atoms with E-state index in [0.29, 0.717) is 16.3 Å². The summed E-state index contributed by atoms with van der Waals surface area (Å²) >= 11 is 6.07. The smallest absolute Gasteiger partial charge is 0.344 e. The molecule has 0 aromatic carbocycles. The monoisotopic (exact) mass is 257 g/mol. The zero-order valence-corrected chi connectivity index (χ0v) is 11.4. The van der Waals surface area contributed by atoms with Gasteiger partial charge in [-0.2, -0.15) is 0 Å². The van der Waals surface area contributed by atoms with Gasteiger partial charge in [0.2, 0.25) is 5.88 Å². The van der Waals surface area contributed by atoms with Crippen LogP contribution >= 0.6 is 11.6 Å². The van der Waals surface area contributed by atoms with Gasteiger partial charge in [-0.3, -0.25) is 0 Å². The number of pyridine rings is 1. The van der Waals surface area contributed by atoms with E-state index in [9.17, 15) is 4.79 Å². The zero-order chi connectivity index (χ0) is 13.2. The van der Waals surface area contributed by atoms with Crippen LogP contribution in [0.25, 0.3) is 0 Å². The summed E-state index contributed by atoms with van der Waals surface area (Å²) in [6.45, 7) is 7.07. The number of methoxy groups -OCH3 is 1. The van der Waals surface area contributed by atoms with Crippen molar-refractivity contribution in [1.29, 1.82) is 0 Å². The minimum absolute atomic E-state index is 0.202. The Morgan fingerprint density at radius 1 is 1.35 bits per heavy atom. The molecule has 4 nitrogen and oxygen atoms in total. The Bertz CT molecular complexity index is 444. The first kappa shape index (κ1) is 13.8. The molecule has 0 fully saturated rings. The summed E-state index contributed by atoms with van der Waals surface area (Å²) in [4.78, 5) is 16.0. The fourth-order valence-electron chi connectivity index (χ4n) is 1.46. The maximum atomic E-state index is 11.9. The summed E-state index contributed by atoms with van der Waals surface area (Å²) in [5.74, 6) is -0.223. The topological polar surface area (TPSA) is 48.4 Å². The molecule has 0 aliphatic heterocycles. The van der Waals surface area contributed by atoms with Gasteiger partial charge in [0.05, 0.1) is 23.9 Å². The van der Waals surface area contributed by atoms with E-state index >= 15 is 0 Å². The van der Waals surface area contributed by atoms with Crippen molar-refractivity contribution < 1.29 is 14.3 Å². The summed E-state index contributed by atoms with van der Waals surface area (Å²) in [5.41, 5.74) is 1.54. The molecule has 0 saturated heterocycles. The lowest BCUT2D eigenvalue weighted by atomic mass is 10.1. The first-order chi connectivity index (χ1) is 7.88. The maximum absolute atomic E-state index is 11.9. The van der Waals surface area contributed by atoms with Gasteiger partial charge in [0.25, 0.3) is 0 Å². The summed E-state index contributed by atoms with van der Waals surface area (Å²) in [5, 5.41) is 0.460. The van der Waals surface area contributed by atoms with E-state index in [-0.39, 0.29) is 17.5 Å². The van der Waals surface area contributed by atoms with Crippen LogP contribution in [0.4, 0.5) is 0 Å². The minimum Gasteiger partial charge on any atom is -0.480 e. The molecule has 0 bridgehead atoms. The van der Waals surface area contributed by atoms with Crippen molar-refractivity contribution in [3.05, 3.63) is 21.8 Å². The number of esters is 1. The largest absolute Gasteiger partial charge is 0.480 e. The van der Waals surface area contributed by atoms with E-state index in [1.807, 2.05) is 0 Å². The van der Waals surface area contributed by atoms with Crippen molar-refractivity contribution >= 4 is 17.6 Å². The number of rotatable bonds is 3. The van der Waals surface area contributed by atoms with Gasteiger partial charge in [-0.1, -0.05) is 11.6 Å². The number of ether oxygens (including phenoxy) is 2. The molecule has 1 rings (SSSR count). The molecular weight excluding hydrogens is 242 g/mol. The number of hydrogen-bond donors (Lipinski definition) is 0. The molecule has 0 amide bonds. The van der Waals surface area contributed by atoms with Gasteiger partial charge in [0.1, 0.15) is 5.56 Å². The van der Waals surface area contributed by atoms with Gasteiger partial charge >= 0.3 is 5.97 Å². The molecule has 1 aromatic rings. The van der Waals surface area contributed by atoms with E-state index in [2.05, 4.69) is 4.98 Å². The molecule has 1 aromatic heterocycles. The van der Waals surface area contributed by atoms with Crippen LogP contribution in [0.3, 0.4) is 0 Å². The molecule has 1 heterocycles. The molecule has 0 unspecified atom stereocenters. The van der Waals surface area contributed by atoms with Crippen molar-refractivity contribution in [3.63, 3.8) is 0 Å². The lowest BCUT2D eigenvalue weighted by molar-refractivity contribution is 0.0372. The standard InChI is InChI=1S/C12H16ClNO3/c1-6(2)17-12(15)9-7(3)10(13)8(4)14-11(9)16-5/h6H,1-5H3. The molecule has 0 atom stereocenters. The molecular formula is C12H16ClNO3. The van der Waals surface area contributed by atoms with Gasteiger partial charge in [0.15, 0.2) is 0 Å². The van der Waals surface area contributed by atoms with Crippen LogP contribution in [0.1, 0.15) is 35.5 Å². The Kier molecular flexibility index (Phi) is 4.34. The van der Waals surface area contributed by atoms with E-state index < -0.39 is 5.97 Å². The summed E-state index contributed by atoms with van der Waals surface area (Å²) in [6, 6.07) is 0. The van der Waals surface area contributed by atoms with E-state index in [0.717, 1.165) is 0 Å². The van der Waals surface area contributed by atoms with E-state index in [1.54, 1.807) is 27.7 Å². The molecule has 0 aliphatic carbocycles. The molecule has 5 heteroatoms. The summed E-state index contributed by atoms with van der Waals surface area (Å²) < 4.78 is 10.2. The molecule has 0 N–H and O–H groups in total. The van der Waals surface area contributed by atoms with Crippen molar-refractivity contribution in [2.75, 3.05) is 7.11 Å². The number of carbonyl (C=O) groups is 1. The molecule has 0 radical (unpaired) electrons. The third-order valence-electron chi connectivity index (χ3n) is 2.25. The highest BCUT2D eigenvalue weighted by atomic mass is 35.5. The highest BCUT2D eigenvalue weighted by Gasteiger charge is 2.22. The Hall–Kier alpha value is -1.29. The predicted molar refractivity (Wildman–Crippen MR) is 65.8 cm³/mol. The molecule has 17 heavy (non-hydrogen) atoms. The number of hydrogen-bond acceptors (Lipinski definition) is 4. The normalized spacial score (nSPS) is 10.5. The lowest BCUT2D eigenvalue weighted by Gasteiger charge is -2.14. The zero-order valence-electron chi connectivity index (χ0n) is 10.6. The number of halogens is 1. The van der Waals surface area contributed by atoms with Gasteiger partial charge in [0, 0.05) is 0 Å². The van der Waals surface area contributed by atoms with Crippen LogP contribution in [0, 0.1) is 13.8 Å². The highest BCUT2D eigenvalue weighted by molar-refractivity contribution is 6.32. The Morgan fingerprint density at radius 3 is 2.41 bits per heavy atom. The first-order valence-electron chi connectivity index (χ1n) is 5.30. The first-order valence-corrected chi connectivity index (χ1v) is 5.68.